The third-order valence-electron chi connectivity index (χ3n) is 1.36. The summed E-state index contributed by atoms with van der Waals surface area (Å²) in [5.41, 5.74) is 0. The van der Waals surface area contributed by atoms with E-state index in [1.807, 2.05) is 6.92 Å². The molecule has 0 spiro atoms. The van der Waals surface area contributed by atoms with Crippen LogP contribution < -0.4 is 4.74 Å². The van der Waals surface area contributed by atoms with Gasteiger partial charge in [0, 0.05) is 0 Å². The van der Waals surface area contributed by atoms with Crippen LogP contribution in [0.25, 0.3) is 0 Å². The molecule has 0 aliphatic rings. The predicted molar refractivity (Wildman–Crippen MR) is 57.7 cm³/mol. The van der Waals surface area contributed by atoms with Crippen LogP contribution in [0, 0.1) is 0 Å². The quantitative estimate of drug-likeness (QED) is 0.553. The lowest BCUT2D eigenvalue weighted by Crippen LogP contribution is -1.93. The zero-order chi connectivity index (χ0) is 10.0. The van der Waals surface area contributed by atoms with E-state index < -0.39 is 0 Å². The molecule has 1 aromatic rings. The maximum Gasteiger partial charge on any atom is 0.158 e. The van der Waals surface area contributed by atoms with Gasteiger partial charge in [-0.25, -0.2) is 0 Å². The van der Waals surface area contributed by atoms with Gasteiger partial charge in [-0.3, -0.25) is 0 Å². The van der Waals surface area contributed by atoms with Crippen molar-refractivity contribution in [1.82, 2.24) is 0 Å². The second kappa shape index (κ2) is 4.61. The van der Waals surface area contributed by atoms with E-state index in [0.717, 1.165) is 0 Å². The highest BCUT2D eigenvalue weighted by atomic mass is 35.5. The molecule has 13 heavy (non-hydrogen) atoms. The third kappa shape index (κ3) is 2.35. The van der Waals surface area contributed by atoms with Gasteiger partial charge < -0.3 is 4.74 Å². The monoisotopic (exact) mass is 258 g/mol. The fourth-order valence-corrected chi connectivity index (χ4v) is 1.84. The van der Waals surface area contributed by atoms with Gasteiger partial charge in [0.05, 0.1) is 21.7 Å². The molecule has 0 bridgehead atoms. The van der Waals surface area contributed by atoms with E-state index in [1.54, 1.807) is 0 Å². The Bertz CT molecular complexity index is 324. The van der Waals surface area contributed by atoms with Crippen molar-refractivity contribution in [1.29, 1.82) is 0 Å². The van der Waals surface area contributed by atoms with Gasteiger partial charge in [0.15, 0.2) is 5.75 Å². The van der Waals surface area contributed by atoms with E-state index in [-0.39, 0.29) is 10.0 Å². The number of benzene rings is 1. The summed E-state index contributed by atoms with van der Waals surface area (Å²) < 4.78 is 5.20. The van der Waals surface area contributed by atoms with Crippen LogP contribution in [0.2, 0.25) is 20.1 Å². The molecule has 0 saturated carbocycles. The first kappa shape index (κ1) is 11.3. The van der Waals surface area contributed by atoms with Gasteiger partial charge in [0.1, 0.15) is 5.02 Å². The minimum atomic E-state index is 0.251. The average Bonchev–Trinajstić information content (AvgIpc) is 2.09. The summed E-state index contributed by atoms with van der Waals surface area (Å²) in [4.78, 5) is 0. The maximum atomic E-state index is 5.86. The summed E-state index contributed by atoms with van der Waals surface area (Å²) in [5.74, 6) is 0.375. The number of ether oxygens (including phenoxy) is 1. The second-order valence-corrected chi connectivity index (χ2v) is 3.80. The van der Waals surface area contributed by atoms with Gasteiger partial charge in [0.25, 0.3) is 0 Å². The lowest BCUT2D eigenvalue weighted by Gasteiger charge is -2.09. The van der Waals surface area contributed by atoms with E-state index in [0.29, 0.717) is 22.4 Å². The summed E-state index contributed by atoms with van der Waals surface area (Å²) in [7, 11) is 0. The molecule has 0 unspecified atom stereocenters. The van der Waals surface area contributed by atoms with E-state index in [1.165, 1.54) is 6.07 Å². The van der Waals surface area contributed by atoms with Crippen LogP contribution >= 0.6 is 46.4 Å². The molecule has 0 aromatic heterocycles. The van der Waals surface area contributed by atoms with Gasteiger partial charge in [-0.1, -0.05) is 46.4 Å². The van der Waals surface area contributed by atoms with E-state index in [9.17, 15) is 0 Å². The zero-order valence-electron chi connectivity index (χ0n) is 6.70. The van der Waals surface area contributed by atoms with Crippen molar-refractivity contribution in [2.75, 3.05) is 6.61 Å². The van der Waals surface area contributed by atoms with Crippen LogP contribution in [0.3, 0.4) is 0 Å². The second-order valence-electron chi connectivity index (χ2n) is 2.23. The topological polar surface area (TPSA) is 9.23 Å². The Morgan fingerprint density at radius 2 is 1.69 bits per heavy atom. The summed E-state index contributed by atoms with van der Waals surface area (Å²) in [5, 5.41) is 1.19. The number of halogens is 4. The molecule has 1 aromatic carbocycles. The van der Waals surface area contributed by atoms with Crippen LogP contribution in [0.1, 0.15) is 6.92 Å². The predicted octanol–water partition coefficient (Wildman–Crippen LogP) is 4.70. The molecule has 0 atom stereocenters. The molecule has 0 saturated heterocycles. The Morgan fingerprint density at radius 3 is 2.23 bits per heavy atom. The molecular formula is C8H6Cl4O. The third-order valence-corrected chi connectivity index (χ3v) is 2.89. The molecule has 72 valence electrons. The fourth-order valence-electron chi connectivity index (χ4n) is 0.826. The normalized spacial score (nSPS) is 10.2. The van der Waals surface area contributed by atoms with Crippen LogP contribution in [0.4, 0.5) is 0 Å². The average molecular weight is 260 g/mol. The molecule has 1 nitrogen and oxygen atoms in total. The highest BCUT2D eigenvalue weighted by molar-refractivity contribution is 6.50. The van der Waals surface area contributed by atoms with Crippen molar-refractivity contribution in [3.8, 4) is 5.75 Å². The SMILES string of the molecule is CCOc1c(Cl)cc(Cl)c(Cl)c1Cl. The highest BCUT2D eigenvalue weighted by Crippen LogP contribution is 2.42. The van der Waals surface area contributed by atoms with Gasteiger partial charge in [-0.15, -0.1) is 0 Å². The molecule has 0 aliphatic heterocycles. The van der Waals surface area contributed by atoms with Crippen molar-refractivity contribution < 1.29 is 4.74 Å². The van der Waals surface area contributed by atoms with Crippen LogP contribution in [-0.2, 0) is 0 Å². The maximum absolute atomic E-state index is 5.86. The van der Waals surface area contributed by atoms with Gasteiger partial charge in [-0.2, -0.15) is 0 Å². The number of hydrogen-bond acceptors (Lipinski definition) is 1. The Hall–Kier alpha value is 0.180. The molecule has 0 heterocycles. The summed E-state index contributed by atoms with van der Waals surface area (Å²) in [6, 6.07) is 1.50. The Labute approximate surface area is 96.5 Å². The van der Waals surface area contributed by atoms with E-state index >= 15 is 0 Å². The molecule has 0 aliphatic carbocycles. The first-order valence-electron chi connectivity index (χ1n) is 3.53. The molecule has 0 radical (unpaired) electrons. The van der Waals surface area contributed by atoms with Gasteiger partial charge >= 0.3 is 0 Å². The minimum absolute atomic E-state index is 0.251. The standard InChI is InChI=1S/C8H6Cl4O/c1-2-13-8-5(10)3-4(9)6(11)7(8)12/h3H,2H2,1H3. The molecule has 0 N–H and O–H groups in total. The number of hydrogen-bond donors (Lipinski definition) is 0. The largest absolute Gasteiger partial charge is 0.491 e. The summed E-state index contributed by atoms with van der Waals surface area (Å²) >= 11 is 23.2. The summed E-state index contributed by atoms with van der Waals surface area (Å²) in [6.07, 6.45) is 0. The lowest BCUT2D eigenvalue weighted by molar-refractivity contribution is 0.340. The van der Waals surface area contributed by atoms with E-state index in [2.05, 4.69) is 0 Å². The Kier molecular flexibility index (Phi) is 3.99. The first-order chi connectivity index (χ1) is 6.07. The number of rotatable bonds is 2. The molecular weight excluding hydrogens is 254 g/mol. The van der Waals surface area contributed by atoms with Crippen LogP contribution in [0.15, 0.2) is 6.07 Å². The van der Waals surface area contributed by atoms with Crippen molar-refractivity contribution >= 4 is 46.4 Å². The molecule has 0 amide bonds. The molecule has 1 rings (SSSR count). The van der Waals surface area contributed by atoms with E-state index in [4.69, 9.17) is 51.1 Å². The first-order valence-corrected chi connectivity index (χ1v) is 5.05. The highest BCUT2D eigenvalue weighted by Gasteiger charge is 2.14. The Balaban J connectivity index is 3.26. The lowest BCUT2D eigenvalue weighted by atomic mass is 10.3. The van der Waals surface area contributed by atoms with Crippen LogP contribution in [0.5, 0.6) is 5.75 Å². The zero-order valence-corrected chi connectivity index (χ0v) is 9.73. The minimum Gasteiger partial charge on any atom is -0.491 e. The van der Waals surface area contributed by atoms with Crippen LogP contribution in [-0.4, -0.2) is 6.61 Å². The smallest absolute Gasteiger partial charge is 0.158 e. The fraction of sp³-hybridized carbons (Fsp3) is 0.250. The van der Waals surface area contributed by atoms with Gasteiger partial charge in [-0.05, 0) is 13.0 Å². The Morgan fingerprint density at radius 1 is 1.08 bits per heavy atom. The summed E-state index contributed by atoms with van der Waals surface area (Å²) in [6.45, 7) is 2.30. The van der Waals surface area contributed by atoms with Crippen molar-refractivity contribution in [2.45, 2.75) is 6.92 Å². The molecule has 5 heteroatoms. The van der Waals surface area contributed by atoms with Gasteiger partial charge in [0.2, 0.25) is 0 Å². The van der Waals surface area contributed by atoms with Crippen molar-refractivity contribution in [2.24, 2.45) is 0 Å². The van der Waals surface area contributed by atoms with Crippen molar-refractivity contribution in [3.05, 3.63) is 26.2 Å². The molecule has 0 fully saturated rings. The van der Waals surface area contributed by atoms with Crippen molar-refractivity contribution in [3.63, 3.8) is 0 Å².